The van der Waals surface area contributed by atoms with E-state index in [1.54, 1.807) is 4.90 Å². The minimum atomic E-state index is -2.96. The van der Waals surface area contributed by atoms with Gasteiger partial charge < -0.3 is 26.4 Å². The summed E-state index contributed by atoms with van der Waals surface area (Å²) in [5, 5.41) is 1.02. The van der Waals surface area contributed by atoms with E-state index in [-0.39, 0.29) is 17.8 Å². The Kier molecular flexibility index (Phi) is 8.06. The zero-order valence-corrected chi connectivity index (χ0v) is 16.7. The maximum atomic E-state index is 15.3. The smallest absolute Gasteiger partial charge is 0.388 e. The molecular formula is C18H24F3N5O2S. The van der Waals surface area contributed by atoms with Crippen LogP contribution in [0.4, 0.5) is 18.0 Å². The van der Waals surface area contributed by atoms with Gasteiger partial charge >= 0.3 is 12.6 Å². The van der Waals surface area contributed by atoms with Gasteiger partial charge in [-0.05, 0) is 38.1 Å². The third-order valence-electron chi connectivity index (χ3n) is 4.45. The van der Waals surface area contributed by atoms with Crippen LogP contribution in [-0.2, 0) is 0 Å². The second-order valence-corrected chi connectivity index (χ2v) is 7.94. The fraction of sp³-hybridized carbons (Fsp3) is 0.444. The number of allylic oxidation sites excluding steroid dienone is 1. The number of nitrogens with one attached hydrogen (secondary N) is 1. The SMILES string of the molecule is CC(F)(Sc1ccc(OC(F)F)nc1)C1CCN(C(=O)NC(/C=C\N)=C/N)CC1. The van der Waals surface area contributed by atoms with Crippen molar-refractivity contribution in [2.24, 2.45) is 17.4 Å². The van der Waals surface area contributed by atoms with Crippen molar-refractivity contribution in [3.05, 3.63) is 42.5 Å². The summed E-state index contributed by atoms with van der Waals surface area (Å²) in [6.45, 7) is -0.707. The second kappa shape index (κ2) is 10.3. The Morgan fingerprint density at radius 3 is 2.62 bits per heavy atom. The van der Waals surface area contributed by atoms with Crippen molar-refractivity contribution in [2.45, 2.75) is 36.3 Å². The number of aromatic nitrogens is 1. The van der Waals surface area contributed by atoms with Crippen LogP contribution in [0.1, 0.15) is 19.8 Å². The number of thioether (sulfide) groups is 1. The molecule has 2 heterocycles. The molecule has 5 N–H and O–H groups in total. The highest BCUT2D eigenvalue weighted by atomic mass is 32.2. The van der Waals surface area contributed by atoms with E-state index in [4.69, 9.17) is 11.5 Å². The number of amides is 2. The lowest BCUT2D eigenvalue weighted by atomic mass is 9.92. The molecule has 1 atom stereocenters. The lowest BCUT2D eigenvalue weighted by molar-refractivity contribution is -0.0529. The Morgan fingerprint density at radius 1 is 1.41 bits per heavy atom. The number of nitrogens with zero attached hydrogens (tertiary/aromatic N) is 2. The molecule has 2 amide bonds. The van der Waals surface area contributed by atoms with Crippen molar-refractivity contribution in [1.29, 1.82) is 0 Å². The predicted octanol–water partition coefficient (Wildman–Crippen LogP) is 3.15. The first kappa shape index (κ1) is 22.7. The largest absolute Gasteiger partial charge is 0.417 e. The third kappa shape index (κ3) is 6.77. The number of alkyl halides is 3. The molecule has 0 spiro atoms. The van der Waals surface area contributed by atoms with Crippen molar-refractivity contribution < 1.29 is 22.7 Å². The average molecular weight is 431 g/mol. The van der Waals surface area contributed by atoms with Gasteiger partial charge in [-0.15, -0.1) is 0 Å². The van der Waals surface area contributed by atoms with Crippen LogP contribution in [0.5, 0.6) is 5.88 Å². The lowest BCUT2D eigenvalue weighted by Crippen LogP contribution is -2.46. The summed E-state index contributed by atoms with van der Waals surface area (Å²) < 4.78 is 43.8. The van der Waals surface area contributed by atoms with Gasteiger partial charge in [0.1, 0.15) is 0 Å². The molecule has 7 nitrogen and oxygen atoms in total. The molecule has 0 radical (unpaired) electrons. The zero-order chi connectivity index (χ0) is 21.4. The standard InChI is InChI=1S/C18H24F3N5O2S/c1-18(21,29-14-2-3-15(24-11-14)28-16(19)20)12-5-8-26(9-6-12)17(27)25-13(10-23)4-7-22/h2-4,7,10-12,16H,5-6,8-9,22-23H2,1H3,(H,25,27)/b7-4-,13-10+. The first-order valence-electron chi connectivity index (χ1n) is 8.90. The van der Waals surface area contributed by atoms with Crippen LogP contribution in [0.15, 0.2) is 47.4 Å². The first-order valence-corrected chi connectivity index (χ1v) is 9.71. The van der Waals surface area contributed by atoms with Crippen molar-refractivity contribution in [1.82, 2.24) is 15.2 Å². The molecule has 2 rings (SSSR count). The summed E-state index contributed by atoms with van der Waals surface area (Å²) in [6, 6.07) is 2.43. The number of pyridine rings is 1. The van der Waals surface area contributed by atoms with E-state index in [9.17, 15) is 13.6 Å². The highest BCUT2D eigenvalue weighted by molar-refractivity contribution is 8.00. The number of urea groups is 1. The van der Waals surface area contributed by atoms with Crippen LogP contribution >= 0.6 is 11.8 Å². The minimum absolute atomic E-state index is 0.223. The molecule has 0 aliphatic carbocycles. The maximum Gasteiger partial charge on any atom is 0.388 e. The fourth-order valence-corrected chi connectivity index (χ4v) is 4.05. The van der Waals surface area contributed by atoms with Crippen LogP contribution in [0.2, 0.25) is 0 Å². The van der Waals surface area contributed by atoms with Gasteiger partial charge in [0, 0.05) is 42.4 Å². The molecule has 1 aromatic rings. The van der Waals surface area contributed by atoms with Gasteiger partial charge in [-0.3, -0.25) is 0 Å². The normalized spacial score (nSPS) is 18.1. The predicted molar refractivity (Wildman–Crippen MR) is 105 cm³/mol. The fourth-order valence-electron chi connectivity index (χ4n) is 2.95. The number of hydrogen-bond acceptors (Lipinski definition) is 6. The highest BCUT2D eigenvalue weighted by Crippen LogP contribution is 2.44. The van der Waals surface area contributed by atoms with Gasteiger partial charge in [-0.25, -0.2) is 14.2 Å². The molecule has 1 unspecified atom stereocenters. The van der Waals surface area contributed by atoms with E-state index >= 15 is 4.39 Å². The van der Waals surface area contributed by atoms with Gasteiger partial charge in [0.25, 0.3) is 0 Å². The second-order valence-electron chi connectivity index (χ2n) is 6.47. The van der Waals surface area contributed by atoms with E-state index < -0.39 is 11.6 Å². The first-order chi connectivity index (χ1) is 13.7. The van der Waals surface area contributed by atoms with Crippen molar-refractivity contribution in [3.63, 3.8) is 0 Å². The molecular weight excluding hydrogens is 407 g/mol. The third-order valence-corrected chi connectivity index (χ3v) is 5.66. The van der Waals surface area contributed by atoms with E-state index in [0.29, 0.717) is 36.5 Å². The Morgan fingerprint density at radius 2 is 2.10 bits per heavy atom. The molecule has 1 saturated heterocycles. The monoisotopic (exact) mass is 431 g/mol. The number of hydrogen-bond donors (Lipinski definition) is 3. The van der Waals surface area contributed by atoms with Crippen molar-refractivity contribution in [3.8, 4) is 5.88 Å². The van der Waals surface area contributed by atoms with Crippen LogP contribution < -0.4 is 21.5 Å². The Bertz CT molecular complexity index is 736. The van der Waals surface area contributed by atoms with Gasteiger partial charge in [0.15, 0.2) is 5.00 Å². The van der Waals surface area contributed by atoms with Gasteiger partial charge in [-0.2, -0.15) is 8.78 Å². The molecule has 1 fully saturated rings. The number of rotatable bonds is 7. The van der Waals surface area contributed by atoms with Crippen LogP contribution in [-0.4, -0.2) is 40.6 Å². The molecule has 0 aromatic carbocycles. The van der Waals surface area contributed by atoms with Crippen LogP contribution in [0.25, 0.3) is 0 Å². The number of carbonyl (C=O) groups excluding carboxylic acids is 1. The maximum absolute atomic E-state index is 15.3. The molecule has 11 heteroatoms. The molecule has 1 aliphatic rings. The summed E-state index contributed by atoms with van der Waals surface area (Å²) in [4.78, 5) is 18.1. The highest BCUT2D eigenvalue weighted by Gasteiger charge is 2.38. The summed E-state index contributed by atoms with van der Waals surface area (Å²) >= 11 is 0.971. The number of carbonyl (C=O) groups is 1. The Hall–Kier alpha value is -2.56. The summed E-state index contributed by atoms with van der Waals surface area (Å²) in [6.07, 6.45) is 6.20. The molecule has 29 heavy (non-hydrogen) atoms. The Balaban J connectivity index is 1.89. The van der Waals surface area contributed by atoms with E-state index in [1.807, 2.05) is 0 Å². The van der Waals surface area contributed by atoms with Crippen molar-refractivity contribution >= 4 is 17.8 Å². The number of likely N-dealkylation sites (tertiary alicyclic amines) is 1. The summed E-state index contributed by atoms with van der Waals surface area (Å²) in [7, 11) is 0. The number of nitrogens with two attached hydrogens (primary N) is 2. The van der Waals surface area contributed by atoms with Crippen LogP contribution in [0, 0.1) is 5.92 Å². The van der Waals surface area contributed by atoms with Crippen LogP contribution in [0.3, 0.4) is 0 Å². The number of halogens is 3. The lowest BCUT2D eigenvalue weighted by Gasteiger charge is -2.37. The van der Waals surface area contributed by atoms with Gasteiger partial charge in [-0.1, -0.05) is 11.8 Å². The van der Waals surface area contributed by atoms with E-state index in [1.165, 1.54) is 43.7 Å². The quantitative estimate of drug-likeness (QED) is 0.452. The molecule has 1 aromatic heterocycles. The summed E-state index contributed by atoms with van der Waals surface area (Å²) in [5.74, 6) is -0.512. The zero-order valence-electron chi connectivity index (χ0n) is 15.9. The minimum Gasteiger partial charge on any atom is -0.417 e. The Labute approximate surface area is 171 Å². The van der Waals surface area contributed by atoms with E-state index in [2.05, 4.69) is 15.0 Å². The number of piperidine rings is 1. The molecule has 1 aliphatic heterocycles. The van der Waals surface area contributed by atoms with E-state index in [0.717, 1.165) is 11.8 Å². The van der Waals surface area contributed by atoms with Gasteiger partial charge in [0.05, 0.1) is 5.70 Å². The molecule has 0 bridgehead atoms. The average Bonchev–Trinajstić information content (AvgIpc) is 2.68. The van der Waals surface area contributed by atoms with Crippen molar-refractivity contribution in [2.75, 3.05) is 13.1 Å². The topological polar surface area (TPSA) is 106 Å². The van der Waals surface area contributed by atoms with Gasteiger partial charge in [0.2, 0.25) is 5.88 Å². The molecule has 0 saturated carbocycles. The number of ether oxygens (including phenoxy) is 1. The summed E-state index contributed by atoms with van der Waals surface area (Å²) in [5.41, 5.74) is 11.1. The molecule has 160 valence electrons.